The van der Waals surface area contributed by atoms with Crippen molar-refractivity contribution in [3.05, 3.63) is 63.2 Å². The lowest BCUT2D eigenvalue weighted by molar-refractivity contribution is -0.384. The smallest absolute Gasteiger partial charge is 0.288 e. The summed E-state index contributed by atoms with van der Waals surface area (Å²) in [6, 6.07) is 10.7. The Morgan fingerprint density at radius 1 is 1.26 bits per heavy atom. The van der Waals surface area contributed by atoms with Crippen LogP contribution in [-0.2, 0) is 0 Å². The second-order valence-corrected chi connectivity index (χ2v) is 6.16. The molecule has 2 aromatic carbocycles. The number of nitro groups is 1. The van der Waals surface area contributed by atoms with Crippen LogP contribution in [0.2, 0.25) is 5.02 Å². The number of halogens is 1. The molecule has 0 aliphatic carbocycles. The molecule has 2 aromatic rings. The first-order valence-electron chi connectivity index (χ1n) is 7.96. The Labute approximate surface area is 161 Å². The van der Waals surface area contributed by atoms with Crippen LogP contribution in [0.4, 0.5) is 5.69 Å². The van der Waals surface area contributed by atoms with Gasteiger partial charge in [0.25, 0.3) is 11.6 Å². The molecule has 0 heterocycles. The standard InChI is InChI=1S/C18H19ClN2O6/c1-20(18(23)12-3-8-16(19)17(9-12)21(24)25)10-13(22)11-27-15-6-4-14(26-2)5-7-15/h3-9,13,22H,10-11H2,1-2H3/t13-/m1/s1. The summed E-state index contributed by atoms with van der Waals surface area (Å²) in [6.07, 6.45) is -0.941. The maximum Gasteiger partial charge on any atom is 0.288 e. The zero-order valence-corrected chi connectivity index (χ0v) is 15.5. The minimum absolute atomic E-state index is 0.00852. The van der Waals surface area contributed by atoms with Gasteiger partial charge in [-0.25, -0.2) is 0 Å². The van der Waals surface area contributed by atoms with Crippen molar-refractivity contribution >= 4 is 23.2 Å². The number of aliphatic hydroxyl groups excluding tert-OH is 1. The van der Waals surface area contributed by atoms with E-state index in [4.69, 9.17) is 21.1 Å². The lowest BCUT2D eigenvalue weighted by Gasteiger charge is -2.21. The van der Waals surface area contributed by atoms with Gasteiger partial charge in [-0.2, -0.15) is 0 Å². The third kappa shape index (κ3) is 5.57. The van der Waals surface area contributed by atoms with E-state index in [-0.39, 0.29) is 29.4 Å². The monoisotopic (exact) mass is 394 g/mol. The van der Waals surface area contributed by atoms with Gasteiger partial charge in [-0.3, -0.25) is 14.9 Å². The quantitative estimate of drug-likeness (QED) is 0.545. The molecule has 0 aliphatic rings. The topological polar surface area (TPSA) is 102 Å². The Bertz CT molecular complexity index is 812. The largest absolute Gasteiger partial charge is 0.497 e. The average Bonchev–Trinajstić information content (AvgIpc) is 2.66. The zero-order chi connectivity index (χ0) is 20.0. The second kappa shape index (κ2) is 9.20. The number of carbonyl (C=O) groups is 1. The molecule has 1 N–H and O–H groups in total. The van der Waals surface area contributed by atoms with E-state index >= 15 is 0 Å². The molecule has 0 saturated carbocycles. The molecule has 0 aromatic heterocycles. The molecule has 0 spiro atoms. The predicted molar refractivity (Wildman–Crippen MR) is 99.6 cm³/mol. The summed E-state index contributed by atoms with van der Waals surface area (Å²) < 4.78 is 10.5. The fourth-order valence-electron chi connectivity index (χ4n) is 2.32. The molecule has 0 radical (unpaired) electrons. The van der Waals surface area contributed by atoms with Crippen LogP contribution < -0.4 is 9.47 Å². The van der Waals surface area contributed by atoms with Crippen molar-refractivity contribution in [2.75, 3.05) is 27.3 Å². The van der Waals surface area contributed by atoms with Crippen molar-refractivity contribution in [2.45, 2.75) is 6.10 Å². The van der Waals surface area contributed by atoms with E-state index in [1.54, 1.807) is 31.4 Å². The van der Waals surface area contributed by atoms with E-state index in [9.17, 15) is 20.0 Å². The average molecular weight is 395 g/mol. The fraction of sp³-hybridized carbons (Fsp3) is 0.278. The number of aliphatic hydroxyl groups is 1. The van der Waals surface area contributed by atoms with Crippen LogP contribution in [0.1, 0.15) is 10.4 Å². The first-order chi connectivity index (χ1) is 12.8. The summed E-state index contributed by atoms with van der Waals surface area (Å²) in [5, 5.41) is 21.0. The number of carbonyl (C=O) groups excluding carboxylic acids is 1. The summed E-state index contributed by atoms with van der Waals surface area (Å²) in [6.45, 7) is -0.0316. The van der Waals surface area contributed by atoms with Gasteiger partial charge >= 0.3 is 0 Å². The maximum absolute atomic E-state index is 12.4. The van der Waals surface area contributed by atoms with Gasteiger partial charge in [-0.05, 0) is 36.4 Å². The molecule has 0 unspecified atom stereocenters. The minimum Gasteiger partial charge on any atom is -0.497 e. The highest BCUT2D eigenvalue weighted by Crippen LogP contribution is 2.25. The van der Waals surface area contributed by atoms with E-state index in [0.29, 0.717) is 11.5 Å². The van der Waals surface area contributed by atoms with Crippen LogP contribution >= 0.6 is 11.6 Å². The first-order valence-corrected chi connectivity index (χ1v) is 8.34. The van der Waals surface area contributed by atoms with E-state index < -0.39 is 16.9 Å². The van der Waals surface area contributed by atoms with Crippen LogP contribution in [-0.4, -0.2) is 54.3 Å². The van der Waals surface area contributed by atoms with E-state index in [2.05, 4.69) is 0 Å². The van der Waals surface area contributed by atoms with Crippen LogP contribution in [0.25, 0.3) is 0 Å². The van der Waals surface area contributed by atoms with Gasteiger partial charge in [0.1, 0.15) is 29.2 Å². The highest BCUT2D eigenvalue weighted by Gasteiger charge is 2.20. The lowest BCUT2D eigenvalue weighted by atomic mass is 10.1. The van der Waals surface area contributed by atoms with Gasteiger partial charge in [0.05, 0.1) is 12.0 Å². The summed E-state index contributed by atoms with van der Waals surface area (Å²) in [5.41, 5.74) is -0.240. The normalized spacial score (nSPS) is 11.6. The van der Waals surface area contributed by atoms with E-state index in [1.807, 2.05) is 0 Å². The fourth-order valence-corrected chi connectivity index (χ4v) is 2.51. The van der Waals surface area contributed by atoms with E-state index in [1.165, 1.54) is 24.1 Å². The molecule has 0 bridgehead atoms. The number of likely N-dealkylation sites (N-methyl/N-ethyl adjacent to an activating group) is 1. The number of hydrogen-bond donors (Lipinski definition) is 1. The molecule has 9 heteroatoms. The van der Waals surface area contributed by atoms with Crippen LogP contribution in [0.5, 0.6) is 11.5 Å². The molecule has 1 amide bonds. The lowest BCUT2D eigenvalue weighted by Crippen LogP contribution is -2.37. The van der Waals surface area contributed by atoms with Gasteiger partial charge < -0.3 is 19.5 Å². The van der Waals surface area contributed by atoms with Crippen molar-refractivity contribution in [3.8, 4) is 11.5 Å². The Balaban J connectivity index is 1.93. The highest BCUT2D eigenvalue weighted by atomic mass is 35.5. The zero-order valence-electron chi connectivity index (χ0n) is 14.8. The SMILES string of the molecule is COc1ccc(OC[C@H](O)CN(C)C(=O)c2ccc(Cl)c([N+](=O)[O-])c2)cc1. The van der Waals surface area contributed by atoms with E-state index in [0.717, 1.165) is 6.07 Å². The number of nitrogens with zero attached hydrogens (tertiary/aromatic N) is 2. The number of rotatable bonds is 8. The molecule has 1 atom stereocenters. The van der Waals surface area contributed by atoms with Gasteiger partial charge in [-0.1, -0.05) is 11.6 Å². The number of ether oxygens (including phenoxy) is 2. The van der Waals surface area contributed by atoms with Crippen molar-refractivity contribution in [3.63, 3.8) is 0 Å². The van der Waals surface area contributed by atoms with Crippen molar-refractivity contribution in [1.82, 2.24) is 4.90 Å². The molecule has 0 saturated heterocycles. The number of hydrogen-bond acceptors (Lipinski definition) is 6. The molecule has 8 nitrogen and oxygen atoms in total. The van der Waals surface area contributed by atoms with Crippen molar-refractivity contribution < 1.29 is 24.3 Å². The van der Waals surface area contributed by atoms with Gasteiger partial charge in [0.15, 0.2) is 0 Å². The molecular formula is C18H19ClN2O6. The van der Waals surface area contributed by atoms with Gasteiger partial charge in [0, 0.05) is 25.2 Å². The molecule has 0 aliphatic heterocycles. The van der Waals surface area contributed by atoms with Crippen LogP contribution in [0, 0.1) is 10.1 Å². The molecule has 144 valence electrons. The Morgan fingerprint density at radius 2 is 1.89 bits per heavy atom. The highest BCUT2D eigenvalue weighted by molar-refractivity contribution is 6.32. The van der Waals surface area contributed by atoms with Gasteiger partial charge in [0.2, 0.25) is 0 Å². The summed E-state index contributed by atoms with van der Waals surface area (Å²) in [4.78, 5) is 23.9. The number of nitro benzene ring substituents is 1. The molecule has 27 heavy (non-hydrogen) atoms. The second-order valence-electron chi connectivity index (χ2n) is 5.75. The summed E-state index contributed by atoms with van der Waals surface area (Å²) in [5.74, 6) is 0.765. The summed E-state index contributed by atoms with van der Waals surface area (Å²) >= 11 is 5.75. The number of methoxy groups -OCH3 is 1. The molecular weight excluding hydrogens is 376 g/mol. The Hall–Kier alpha value is -2.84. The molecule has 2 rings (SSSR count). The minimum atomic E-state index is -0.941. The molecule has 0 fully saturated rings. The van der Waals surface area contributed by atoms with Crippen LogP contribution in [0.15, 0.2) is 42.5 Å². The third-order valence-corrected chi connectivity index (χ3v) is 4.04. The first kappa shape index (κ1) is 20.5. The van der Waals surface area contributed by atoms with Gasteiger partial charge in [-0.15, -0.1) is 0 Å². The Morgan fingerprint density at radius 3 is 2.48 bits per heavy atom. The number of benzene rings is 2. The predicted octanol–water partition coefficient (Wildman–Crippen LogP) is 2.77. The van der Waals surface area contributed by atoms with Crippen molar-refractivity contribution in [2.24, 2.45) is 0 Å². The third-order valence-electron chi connectivity index (χ3n) is 3.72. The summed E-state index contributed by atoms with van der Waals surface area (Å²) in [7, 11) is 3.04. The maximum atomic E-state index is 12.4. The number of amides is 1. The van der Waals surface area contributed by atoms with Crippen LogP contribution in [0.3, 0.4) is 0 Å². The van der Waals surface area contributed by atoms with Crippen molar-refractivity contribution in [1.29, 1.82) is 0 Å². The Kier molecular flexibility index (Phi) is 6.98.